The number of rotatable bonds is 5. The first-order valence-corrected chi connectivity index (χ1v) is 9.24. The van der Waals surface area contributed by atoms with Crippen molar-refractivity contribution in [3.63, 3.8) is 0 Å². The summed E-state index contributed by atoms with van der Waals surface area (Å²) < 4.78 is 8.04. The molecule has 0 radical (unpaired) electrons. The lowest BCUT2D eigenvalue weighted by Gasteiger charge is -2.35. The van der Waals surface area contributed by atoms with Crippen LogP contribution in [0.1, 0.15) is 11.1 Å². The Balaban J connectivity index is 1.51. The normalized spacial score (nSPS) is 15.3. The number of likely N-dealkylation sites (tertiary alicyclic amines) is 1. The highest BCUT2D eigenvalue weighted by atomic mass is 16.3. The molecule has 0 unspecified atom stereocenters. The number of nitrogens with zero attached hydrogens (tertiary/aromatic N) is 3. The summed E-state index contributed by atoms with van der Waals surface area (Å²) in [6.07, 6.45) is 1.89. The first-order valence-electron chi connectivity index (χ1n) is 9.24. The van der Waals surface area contributed by atoms with Crippen molar-refractivity contribution in [2.75, 3.05) is 13.1 Å². The van der Waals surface area contributed by atoms with Gasteiger partial charge < -0.3 is 9.52 Å². The Morgan fingerprint density at radius 2 is 1.78 bits per heavy atom. The summed E-state index contributed by atoms with van der Waals surface area (Å²) in [5.74, 6) is 0.791. The van der Waals surface area contributed by atoms with Gasteiger partial charge in [-0.15, -0.1) is 0 Å². The van der Waals surface area contributed by atoms with Gasteiger partial charge >= 0.3 is 0 Å². The van der Waals surface area contributed by atoms with E-state index in [4.69, 9.17) is 9.52 Å². The van der Waals surface area contributed by atoms with Crippen LogP contribution in [0.4, 0.5) is 0 Å². The second-order valence-corrected chi connectivity index (χ2v) is 7.18. The highest BCUT2D eigenvalue weighted by Crippen LogP contribution is 2.30. The fourth-order valence-electron chi connectivity index (χ4n) is 3.65. The Bertz CT molecular complexity index is 1030. The first kappa shape index (κ1) is 16.3. The van der Waals surface area contributed by atoms with Crippen molar-refractivity contribution in [1.29, 1.82) is 0 Å². The zero-order valence-corrected chi connectivity index (χ0v) is 15.0. The lowest BCUT2D eigenvalue weighted by Crippen LogP contribution is -2.49. The van der Waals surface area contributed by atoms with Gasteiger partial charge in [0.25, 0.3) is 0 Å². The van der Waals surface area contributed by atoms with E-state index in [1.165, 1.54) is 5.56 Å². The quantitative estimate of drug-likeness (QED) is 0.592. The van der Waals surface area contributed by atoms with E-state index < -0.39 is 0 Å². The predicted octanol–water partition coefficient (Wildman–Crippen LogP) is 3.52. The van der Waals surface area contributed by atoms with Crippen LogP contribution >= 0.6 is 0 Å². The number of furan rings is 1. The zero-order valence-electron chi connectivity index (χ0n) is 15.0. The molecule has 1 aliphatic rings. The SMILES string of the molecule is OC1CN(Cc2cn(Cc3ccccc3)nc2-c2cc3ccccc3o2)C1. The lowest BCUT2D eigenvalue weighted by molar-refractivity contribution is -0.00280. The van der Waals surface area contributed by atoms with Crippen LogP contribution in [-0.4, -0.2) is 39.0 Å². The average molecular weight is 359 g/mol. The number of fused-ring (bicyclic) bond motifs is 1. The number of aliphatic hydroxyl groups excluding tert-OH is 1. The maximum absolute atomic E-state index is 9.60. The Kier molecular flexibility index (Phi) is 4.03. The topological polar surface area (TPSA) is 54.4 Å². The number of β-amino-alcohol motifs (C(OH)–C–C–N with tert-alkyl or cyclic N) is 1. The van der Waals surface area contributed by atoms with Crippen LogP contribution in [0.3, 0.4) is 0 Å². The van der Waals surface area contributed by atoms with Gasteiger partial charge in [-0.3, -0.25) is 9.58 Å². The molecule has 5 nitrogen and oxygen atoms in total. The van der Waals surface area contributed by atoms with Crippen LogP contribution in [0.5, 0.6) is 0 Å². The van der Waals surface area contributed by atoms with Crippen LogP contribution in [0.25, 0.3) is 22.4 Å². The van der Waals surface area contributed by atoms with E-state index in [1.54, 1.807) is 0 Å². The van der Waals surface area contributed by atoms with Gasteiger partial charge in [0.15, 0.2) is 5.76 Å². The Morgan fingerprint density at radius 1 is 1.00 bits per heavy atom. The molecule has 1 saturated heterocycles. The van der Waals surface area contributed by atoms with Gasteiger partial charge in [0, 0.05) is 36.8 Å². The predicted molar refractivity (Wildman–Crippen MR) is 104 cm³/mol. The average Bonchev–Trinajstić information content (AvgIpc) is 3.25. The molecular weight excluding hydrogens is 338 g/mol. The molecule has 2 aromatic heterocycles. The minimum Gasteiger partial charge on any atom is -0.454 e. The number of aliphatic hydroxyl groups is 1. The van der Waals surface area contributed by atoms with Crippen molar-refractivity contribution in [3.05, 3.63) is 78.0 Å². The Hall–Kier alpha value is -2.89. The van der Waals surface area contributed by atoms with Gasteiger partial charge in [-0.25, -0.2) is 0 Å². The highest BCUT2D eigenvalue weighted by Gasteiger charge is 2.26. The molecule has 0 saturated carbocycles. The third-order valence-electron chi connectivity index (χ3n) is 5.02. The van der Waals surface area contributed by atoms with Gasteiger partial charge in [0.05, 0.1) is 12.6 Å². The second-order valence-electron chi connectivity index (χ2n) is 7.18. The molecule has 1 aliphatic heterocycles. The molecule has 1 N–H and O–H groups in total. The molecule has 1 fully saturated rings. The molecule has 2 aromatic carbocycles. The molecule has 0 spiro atoms. The van der Waals surface area contributed by atoms with Gasteiger partial charge in [-0.05, 0) is 17.7 Å². The number of hydrogen-bond acceptors (Lipinski definition) is 4. The van der Waals surface area contributed by atoms with Crippen LogP contribution in [0.15, 0.2) is 71.3 Å². The second kappa shape index (κ2) is 6.68. The standard InChI is InChI=1S/C22H21N3O2/c26-19-14-24(15-19)12-18-13-25(11-16-6-2-1-3-7-16)23-22(18)21-10-17-8-4-5-9-20(17)27-21/h1-10,13,19,26H,11-12,14-15H2. The lowest BCUT2D eigenvalue weighted by atomic mass is 10.1. The number of benzene rings is 2. The largest absolute Gasteiger partial charge is 0.454 e. The van der Waals surface area contributed by atoms with Crippen molar-refractivity contribution in [3.8, 4) is 11.5 Å². The molecule has 0 amide bonds. The summed E-state index contributed by atoms with van der Waals surface area (Å²) in [5, 5.41) is 15.5. The van der Waals surface area contributed by atoms with E-state index in [1.807, 2.05) is 41.1 Å². The van der Waals surface area contributed by atoms with Crippen molar-refractivity contribution in [1.82, 2.24) is 14.7 Å². The summed E-state index contributed by atoms with van der Waals surface area (Å²) in [5.41, 5.74) is 4.08. The summed E-state index contributed by atoms with van der Waals surface area (Å²) >= 11 is 0. The molecule has 5 heteroatoms. The van der Waals surface area contributed by atoms with E-state index in [-0.39, 0.29) is 6.10 Å². The van der Waals surface area contributed by atoms with E-state index in [0.717, 1.165) is 41.1 Å². The van der Waals surface area contributed by atoms with Crippen LogP contribution < -0.4 is 0 Å². The highest BCUT2D eigenvalue weighted by molar-refractivity contribution is 5.82. The van der Waals surface area contributed by atoms with Gasteiger partial charge in [0.2, 0.25) is 0 Å². The summed E-state index contributed by atoms with van der Waals surface area (Å²) in [6.45, 7) is 2.90. The molecule has 0 bridgehead atoms. The molecule has 136 valence electrons. The van der Waals surface area contributed by atoms with Crippen LogP contribution in [-0.2, 0) is 13.1 Å². The van der Waals surface area contributed by atoms with Gasteiger partial charge in [-0.1, -0.05) is 48.5 Å². The zero-order chi connectivity index (χ0) is 18.2. The van der Waals surface area contributed by atoms with E-state index in [2.05, 4.69) is 35.4 Å². The minimum absolute atomic E-state index is 0.209. The van der Waals surface area contributed by atoms with E-state index >= 15 is 0 Å². The van der Waals surface area contributed by atoms with Crippen molar-refractivity contribution in [2.45, 2.75) is 19.2 Å². The molecule has 27 heavy (non-hydrogen) atoms. The van der Waals surface area contributed by atoms with Crippen molar-refractivity contribution in [2.24, 2.45) is 0 Å². The molecule has 0 aliphatic carbocycles. The van der Waals surface area contributed by atoms with Crippen molar-refractivity contribution >= 4 is 11.0 Å². The Labute approximate surface area is 157 Å². The number of para-hydroxylation sites is 1. The number of aromatic nitrogens is 2. The van der Waals surface area contributed by atoms with E-state index in [9.17, 15) is 5.11 Å². The maximum Gasteiger partial charge on any atom is 0.156 e. The Morgan fingerprint density at radius 3 is 2.56 bits per heavy atom. The summed E-state index contributed by atoms with van der Waals surface area (Å²) in [6, 6.07) is 20.4. The molecule has 0 atom stereocenters. The third-order valence-corrected chi connectivity index (χ3v) is 5.02. The monoisotopic (exact) mass is 359 g/mol. The molecule has 3 heterocycles. The van der Waals surface area contributed by atoms with Crippen molar-refractivity contribution < 1.29 is 9.52 Å². The molecule has 4 aromatic rings. The first-order chi connectivity index (χ1) is 13.2. The van der Waals surface area contributed by atoms with Crippen LogP contribution in [0.2, 0.25) is 0 Å². The van der Waals surface area contributed by atoms with Gasteiger partial charge in [-0.2, -0.15) is 5.10 Å². The third kappa shape index (κ3) is 3.27. The summed E-state index contributed by atoms with van der Waals surface area (Å²) in [4.78, 5) is 2.22. The summed E-state index contributed by atoms with van der Waals surface area (Å²) in [7, 11) is 0. The van der Waals surface area contributed by atoms with Crippen LogP contribution in [0, 0.1) is 0 Å². The molecule has 5 rings (SSSR count). The smallest absolute Gasteiger partial charge is 0.156 e. The fraction of sp³-hybridized carbons (Fsp3) is 0.227. The molecular formula is C22H21N3O2. The van der Waals surface area contributed by atoms with Gasteiger partial charge in [0.1, 0.15) is 11.3 Å². The number of hydrogen-bond donors (Lipinski definition) is 1. The maximum atomic E-state index is 9.60. The minimum atomic E-state index is -0.209. The fourth-order valence-corrected chi connectivity index (χ4v) is 3.65. The van der Waals surface area contributed by atoms with E-state index in [0.29, 0.717) is 13.1 Å².